The smallest absolute Gasteiger partial charge is 0.123 e. The molecule has 0 saturated heterocycles. The fourth-order valence-corrected chi connectivity index (χ4v) is 1.66. The molecule has 5 heteroatoms. The molecule has 0 heterocycles. The molecule has 1 aromatic rings. The summed E-state index contributed by atoms with van der Waals surface area (Å²) < 4.78 is 12.9. The SMILES string of the molecule is C=NN(Cc1ccc(F)cc1)C(=C)C(C)CNOCC. The van der Waals surface area contributed by atoms with Crippen molar-refractivity contribution < 1.29 is 9.23 Å². The topological polar surface area (TPSA) is 36.9 Å². The number of hydrazone groups is 1. The van der Waals surface area contributed by atoms with Crippen molar-refractivity contribution >= 4 is 6.72 Å². The molecule has 0 radical (unpaired) electrons. The highest BCUT2D eigenvalue weighted by atomic mass is 19.1. The van der Waals surface area contributed by atoms with E-state index in [-0.39, 0.29) is 11.7 Å². The number of benzene rings is 1. The third kappa shape index (κ3) is 5.11. The van der Waals surface area contributed by atoms with Gasteiger partial charge in [0.1, 0.15) is 5.82 Å². The number of rotatable bonds is 9. The summed E-state index contributed by atoms with van der Waals surface area (Å²) >= 11 is 0. The second kappa shape index (κ2) is 8.45. The predicted octanol–water partition coefficient (Wildman–Crippen LogP) is 2.93. The zero-order valence-corrected chi connectivity index (χ0v) is 12.1. The zero-order chi connectivity index (χ0) is 15.0. The van der Waals surface area contributed by atoms with Gasteiger partial charge in [-0.25, -0.2) is 9.87 Å². The van der Waals surface area contributed by atoms with Crippen molar-refractivity contribution in [1.29, 1.82) is 0 Å². The summed E-state index contributed by atoms with van der Waals surface area (Å²) in [7, 11) is 0. The Morgan fingerprint density at radius 1 is 1.45 bits per heavy atom. The van der Waals surface area contributed by atoms with Gasteiger partial charge in [-0.3, -0.25) is 5.01 Å². The quantitative estimate of drug-likeness (QED) is 0.429. The van der Waals surface area contributed by atoms with Crippen LogP contribution in [0.3, 0.4) is 0 Å². The van der Waals surface area contributed by atoms with Gasteiger partial charge in [0, 0.05) is 24.9 Å². The van der Waals surface area contributed by atoms with Crippen LogP contribution in [0.15, 0.2) is 41.6 Å². The minimum absolute atomic E-state index is 0.146. The van der Waals surface area contributed by atoms with Gasteiger partial charge in [-0.05, 0) is 24.6 Å². The minimum atomic E-state index is -0.250. The van der Waals surface area contributed by atoms with Crippen molar-refractivity contribution in [3.8, 4) is 0 Å². The van der Waals surface area contributed by atoms with Crippen LogP contribution in [0.2, 0.25) is 0 Å². The van der Waals surface area contributed by atoms with Crippen molar-refractivity contribution in [1.82, 2.24) is 10.5 Å². The van der Waals surface area contributed by atoms with Crippen LogP contribution in [0.1, 0.15) is 19.4 Å². The highest BCUT2D eigenvalue weighted by Gasteiger charge is 2.14. The van der Waals surface area contributed by atoms with Crippen LogP contribution in [0.5, 0.6) is 0 Å². The minimum Gasteiger partial charge on any atom is -0.302 e. The van der Waals surface area contributed by atoms with Crippen LogP contribution in [0, 0.1) is 11.7 Å². The van der Waals surface area contributed by atoms with Gasteiger partial charge in [0.2, 0.25) is 0 Å². The van der Waals surface area contributed by atoms with Gasteiger partial charge >= 0.3 is 0 Å². The first-order valence-electron chi connectivity index (χ1n) is 6.60. The summed E-state index contributed by atoms with van der Waals surface area (Å²) in [6.07, 6.45) is 0. The van der Waals surface area contributed by atoms with E-state index in [4.69, 9.17) is 4.84 Å². The lowest BCUT2D eigenvalue weighted by Gasteiger charge is -2.25. The third-order valence-electron chi connectivity index (χ3n) is 2.95. The predicted molar refractivity (Wildman–Crippen MR) is 79.4 cm³/mol. The summed E-state index contributed by atoms with van der Waals surface area (Å²) in [5.41, 5.74) is 4.65. The third-order valence-corrected chi connectivity index (χ3v) is 2.95. The molecule has 1 rings (SSSR count). The van der Waals surface area contributed by atoms with Crippen molar-refractivity contribution in [3.63, 3.8) is 0 Å². The lowest BCUT2D eigenvalue weighted by molar-refractivity contribution is 0.0434. The fourth-order valence-electron chi connectivity index (χ4n) is 1.66. The van der Waals surface area contributed by atoms with E-state index >= 15 is 0 Å². The summed E-state index contributed by atoms with van der Waals surface area (Å²) in [5.74, 6) is -0.104. The van der Waals surface area contributed by atoms with E-state index in [0.717, 1.165) is 11.3 Å². The normalized spacial score (nSPS) is 11.9. The largest absolute Gasteiger partial charge is 0.302 e. The number of halogens is 1. The maximum atomic E-state index is 12.9. The van der Waals surface area contributed by atoms with Gasteiger partial charge in [0.15, 0.2) is 0 Å². The van der Waals surface area contributed by atoms with E-state index in [9.17, 15) is 4.39 Å². The number of hydroxylamine groups is 1. The molecule has 1 N–H and O–H groups in total. The van der Waals surface area contributed by atoms with E-state index in [1.54, 1.807) is 17.1 Å². The molecule has 0 saturated carbocycles. The Labute approximate surface area is 119 Å². The molecule has 0 aromatic heterocycles. The molecule has 0 bridgehead atoms. The molecular formula is C15H22FN3O. The van der Waals surface area contributed by atoms with Gasteiger partial charge in [0.05, 0.1) is 13.2 Å². The molecule has 4 nitrogen and oxygen atoms in total. The lowest BCUT2D eigenvalue weighted by Crippen LogP contribution is -2.28. The van der Waals surface area contributed by atoms with Gasteiger partial charge in [0.25, 0.3) is 0 Å². The lowest BCUT2D eigenvalue weighted by atomic mass is 10.1. The number of hydrogen-bond acceptors (Lipinski definition) is 4. The average molecular weight is 279 g/mol. The summed E-state index contributed by atoms with van der Waals surface area (Å²) in [6.45, 7) is 13.3. The summed E-state index contributed by atoms with van der Waals surface area (Å²) in [5, 5.41) is 5.69. The monoisotopic (exact) mass is 279 g/mol. The van der Waals surface area contributed by atoms with Gasteiger partial charge in [-0.15, -0.1) is 0 Å². The molecule has 0 aliphatic carbocycles. The second-order valence-corrected chi connectivity index (χ2v) is 4.50. The second-order valence-electron chi connectivity index (χ2n) is 4.50. The van der Waals surface area contributed by atoms with Crippen molar-refractivity contribution in [2.24, 2.45) is 11.0 Å². The molecule has 0 spiro atoms. The van der Waals surface area contributed by atoms with E-state index in [2.05, 4.69) is 23.9 Å². The Morgan fingerprint density at radius 3 is 2.65 bits per heavy atom. The molecule has 110 valence electrons. The first-order chi connectivity index (χ1) is 9.58. The number of nitrogens with one attached hydrogen (secondary N) is 1. The summed E-state index contributed by atoms with van der Waals surface area (Å²) in [6, 6.07) is 6.31. The van der Waals surface area contributed by atoms with Crippen molar-refractivity contribution in [2.75, 3.05) is 13.2 Å². The van der Waals surface area contributed by atoms with Crippen LogP contribution in [-0.2, 0) is 11.4 Å². The number of hydrogen-bond donors (Lipinski definition) is 1. The molecule has 0 aliphatic rings. The van der Waals surface area contributed by atoms with E-state index in [1.807, 2.05) is 13.8 Å². The first kappa shape index (κ1) is 16.3. The zero-order valence-electron chi connectivity index (χ0n) is 12.1. The van der Waals surface area contributed by atoms with E-state index in [1.165, 1.54) is 12.1 Å². The molecule has 0 aliphatic heterocycles. The van der Waals surface area contributed by atoms with Crippen LogP contribution in [-0.4, -0.2) is 24.9 Å². The van der Waals surface area contributed by atoms with E-state index in [0.29, 0.717) is 19.7 Å². The fraction of sp³-hybridized carbons (Fsp3) is 0.400. The van der Waals surface area contributed by atoms with Crippen LogP contribution >= 0.6 is 0 Å². The molecule has 20 heavy (non-hydrogen) atoms. The number of nitrogens with zero attached hydrogens (tertiary/aromatic N) is 2. The molecule has 0 fully saturated rings. The maximum absolute atomic E-state index is 12.9. The highest BCUT2D eigenvalue weighted by Crippen LogP contribution is 2.17. The average Bonchev–Trinajstić information content (AvgIpc) is 2.46. The molecule has 0 amide bonds. The molecule has 1 unspecified atom stereocenters. The van der Waals surface area contributed by atoms with Crippen LogP contribution in [0.25, 0.3) is 0 Å². The Bertz CT molecular complexity index is 433. The Balaban J connectivity index is 2.58. The van der Waals surface area contributed by atoms with Crippen molar-refractivity contribution in [2.45, 2.75) is 20.4 Å². The standard InChI is InChI=1S/C15H22FN3O/c1-5-20-18-10-12(2)13(3)19(17-4)11-14-6-8-15(16)9-7-14/h6-9,12,18H,3-5,10-11H2,1-2H3. The van der Waals surface area contributed by atoms with Gasteiger partial charge in [-0.1, -0.05) is 25.6 Å². The molecule has 1 atom stereocenters. The molecular weight excluding hydrogens is 257 g/mol. The summed E-state index contributed by atoms with van der Waals surface area (Å²) in [4.78, 5) is 5.10. The highest BCUT2D eigenvalue weighted by molar-refractivity contribution is 5.24. The van der Waals surface area contributed by atoms with Crippen LogP contribution in [0.4, 0.5) is 4.39 Å². The first-order valence-corrected chi connectivity index (χ1v) is 6.60. The Morgan fingerprint density at radius 2 is 2.10 bits per heavy atom. The van der Waals surface area contributed by atoms with Gasteiger partial charge < -0.3 is 4.84 Å². The van der Waals surface area contributed by atoms with Crippen molar-refractivity contribution in [3.05, 3.63) is 47.9 Å². The van der Waals surface area contributed by atoms with Gasteiger partial charge in [-0.2, -0.15) is 5.10 Å². The Hall–Kier alpha value is -1.72. The molecule has 1 aromatic carbocycles. The Kier molecular flexibility index (Phi) is 6.90. The maximum Gasteiger partial charge on any atom is 0.123 e. The van der Waals surface area contributed by atoms with E-state index < -0.39 is 0 Å². The van der Waals surface area contributed by atoms with Crippen LogP contribution < -0.4 is 5.48 Å².